The number of nitrogens with zero attached hydrogens (tertiary/aromatic N) is 1. The highest BCUT2D eigenvalue weighted by Crippen LogP contribution is 2.26. The summed E-state index contributed by atoms with van der Waals surface area (Å²) in [6.07, 6.45) is 2.28. The van der Waals surface area contributed by atoms with Crippen molar-refractivity contribution in [1.29, 1.82) is 0 Å². The average Bonchev–Trinajstić information content (AvgIpc) is 2.05. The third kappa shape index (κ3) is 2.19. The molecular formula is C11H14BrN. The van der Waals surface area contributed by atoms with Crippen molar-refractivity contribution in [3.63, 3.8) is 0 Å². The summed E-state index contributed by atoms with van der Waals surface area (Å²) in [5, 5.41) is 0. The van der Waals surface area contributed by atoms with Crippen molar-refractivity contribution in [1.82, 2.24) is 0 Å². The van der Waals surface area contributed by atoms with E-state index in [-0.39, 0.29) is 17.0 Å². The summed E-state index contributed by atoms with van der Waals surface area (Å²) < 4.78 is 0. The monoisotopic (exact) mass is 239 g/mol. The van der Waals surface area contributed by atoms with Crippen LogP contribution in [0.15, 0.2) is 23.2 Å². The normalized spacial score (nSPS) is 14.2. The Bertz CT molecular complexity index is 342. The SMILES string of the molecule is Br.CC1=Nc2ccc(C)cc2CC1. The molecule has 0 fully saturated rings. The van der Waals surface area contributed by atoms with Gasteiger partial charge in [0.25, 0.3) is 0 Å². The van der Waals surface area contributed by atoms with E-state index in [9.17, 15) is 0 Å². The zero-order valence-corrected chi connectivity index (χ0v) is 9.71. The molecule has 0 unspecified atom stereocenters. The van der Waals surface area contributed by atoms with Crippen molar-refractivity contribution in [2.24, 2.45) is 4.99 Å². The van der Waals surface area contributed by atoms with Crippen LogP contribution in [-0.2, 0) is 6.42 Å². The quantitative estimate of drug-likeness (QED) is 0.656. The minimum Gasteiger partial charge on any atom is -0.258 e. The Labute approximate surface area is 89.7 Å². The highest BCUT2D eigenvalue weighted by atomic mass is 79.9. The van der Waals surface area contributed by atoms with Gasteiger partial charge in [-0.1, -0.05) is 17.7 Å². The number of hydrogen-bond donors (Lipinski definition) is 0. The van der Waals surface area contributed by atoms with Gasteiger partial charge in [0.15, 0.2) is 0 Å². The Hall–Kier alpha value is -0.630. The summed E-state index contributed by atoms with van der Waals surface area (Å²) in [4.78, 5) is 4.50. The molecule has 1 aliphatic heterocycles. The molecule has 1 aromatic carbocycles. The largest absolute Gasteiger partial charge is 0.258 e. The Balaban J connectivity index is 0.000000845. The van der Waals surface area contributed by atoms with Gasteiger partial charge in [-0.2, -0.15) is 0 Å². The minimum absolute atomic E-state index is 0. The van der Waals surface area contributed by atoms with Crippen LogP contribution in [0.4, 0.5) is 5.69 Å². The lowest BCUT2D eigenvalue weighted by molar-refractivity contribution is 0.998. The maximum Gasteiger partial charge on any atom is 0.0661 e. The smallest absolute Gasteiger partial charge is 0.0661 e. The predicted molar refractivity (Wildman–Crippen MR) is 62.6 cm³/mol. The molecule has 2 rings (SSSR count). The van der Waals surface area contributed by atoms with Crippen LogP contribution in [0.25, 0.3) is 0 Å². The van der Waals surface area contributed by atoms with E-state index in [2.05, 4.69) is 37.0 Å². The highest BCUT2D eigenvalue weighted by Gasteiger charge is 2.07. The Kier molecular flexibility index (Phi) is 3.26. The van der Waals surface area contributed by atoms with Crippen LogP contribution in [0, 0.1) is 6.92 Å². The van der Waals surface area contributed by atoms with Crippen LogP contribution in [0.3, 0.4) is 0 Å². The van der Waals surface area contributed by atoms with E-state index in [0.29, 0.717) is 0 Å². The lowest BCUT2D eigenvalue weighted by atomic mass is 10.0. The van der Waals surface area contributed by atoms with Gasteiger partial charge >= 0.3 is 0 Å². The van der Waals surface area contributed by atoms with Gasteiger partial charge in [0, 0.05) is 5.71 Å². The second-order valence-corrected chi connectivity index (χ2v) is 3.48. The second kappa shape index (κ2) is 4.05. The number of rotatable bonds is 0. The Morgan fingerprint density at radius 3 is 2.69 bits per heavy atom. The van der Waals surface area contributed by atoms with Crippen molar-refractivity contribution in [2.45, 2.75) is 26.7 Å². The van der Waals surface area contributed by atoms with Crippen molar-refractivity contribution in [2.75, 3.05) is 0 Å². The number of fused-ring (bicyclic) bond motifs is 1. The van der Waals surface area contributed by atoms with Crippen LogP contribution in [-0.4, -0.2) is 5.71 Å². The van der Waals surface area contributed by atoms with E-state index in [1.807, 2.05) is 0 Å². The van der Waals surface area contributed by atoms with E-state index in [1.54, 1.807) is 0 Å². The molecule has 1 heterocycles. The third-order valence-electron chi connectivity index (χ3n) is 2.30. The zero-order valence-electron chi connectivity index (χ0n) is 8.00. The van der Waals surface area contributed by atoms with Crippen LogP contribution < -0.4 is 0 Å². The first-order valence-electron chi connectivity index (χ1n) is 4.39. The number of benzene rings is 1. The lowest BCUT2D eigenvalue weighted by Crippen LogP contribution is -2.01. The molecule has 13 heavy (non-hydrogen) atoms. The van der Waals surface area contributed by atoms with Crippen molar-refractivity contribution in [3.8, 4) is 0 Å². The summed E-state index contributed by atoms with van der Waals surface area (Å²) in [6, 6.07) is 6.49. The standard InChI is InChI=1S/C11H13N.BrH/c1-8-3-6-11-10(7-8)5-4-9(2)12-11;/h3,6-7H,4-5H2,1-2H3;1H. The predicted octanol–water partition coefficient (Wildman–Crippen LogP) is 3.61. The van der Waals surface area contributed by atoms with Gasteiger partial charge in [-0.05, 0) is 38.3 Å². The van der Waals surface area contributed by atoms with E-state index < -0.39 is 0 Å². The molecule has 0 spiro atoms. The first kappa shape index (κ1) is 10.5. The molecule has 1 nitrogen and oxygen atoms in total. The fraction of sp³-hybridized carbons (Fsp3) is 0.364. The molecule has 1 aliphatic rings. The number of aliphatic imine (C=N–C) groups is 1. The molecule has 70 valence electrons. The van der Waals surface area contributed by atoms with Crippen LogP contribution in [0.1, 0.15) is 24.5 Å². The highest BCUT2D eigenvalue weighted by molar-refractivity contribution is 8.93. The molecule has 0 aromatic heterocycles. The number of hydrogen-bond acceptors (Lipinski definition) is 1. The van der Waals surface area contributed by atoms with Gasteiger partial charge in [-0.3, -0.25) is 4.99 Å². The Morgan fingerprint density at radius 2 is 1.92 bits per heavy atom. The third-order valence-corrected chi connectivity index (χ3v) is 2.30. The van der Waals surface area contributed by atoms with Crippen molar-refractivity contribution < 1.29 is 0 Å². The number of halogens is 1. The number of aryl methyl sites for hydroxylation is 2. The maximum atomic E-state index is 4.50. The molecule has 0 amide bonds. The molecule has 0 saturated carbocycles. The van der Waals surface area contributed by atoms with Gasteiger partial charge in [-0.25, -0.2) is 0 Å². The van der Waals surface area contributed by atoms with Crippen LogP contribution >= 0.6 is 17.0 Å². The molecule has 2 heteroatoms. The first-order chi connectivity index (χ1) is 5.75. The van der Waals surface area contributed by atoms with Crippen LogP contribution in [0.2, 0.25) is 0 Å². The summed E-state index contributed by atoms with van der Waals surface area (Å²) in [5.74, 6) is 0. The van der Waals surface area contributed by atoms with Crippen molar-refractivity contribution >= 4 is 28.4 Å². The summed E-state index contributed by atoms with van der Waals surface area (Å²) >= 11 is 0. The van der Waals surface area contributed by atoms with E-state index in [4.69, 9.17) is 0 Å². The van der Waals surface area contributed by atoms with E-state index in [0.717, 1.165) is 12.8 Å². The zero-order chi connectivity index (χ0) is 8.55. The molecule has 0 atom stereocenters. The van der Waals surface area contributed by atoms with Gasteiger partial charge in [-0.15, -0.1) is 17.0 Å². The second-order valence-electron chi connectivity index (χ2n) is 3.48. The van der Waals surface area contributed by atoms with Crippen molar-refractivity contribution in [3.05, 3.63) is 29.3 Å². The fourth-order valence-electron chi connectivity index (χ4n) is 1.60. The first-order valence-corrected chi connectivity index (χ1v) is 4.39. The average molecular weight is 240 g/mol. The Morgan fingerprint density at radius 1 is 1.15 bits per heavy atom. The summed E-state index contributed by atoms with van der Waals surface area (Å²) in [6.45, 7) is 4.23. The van der Waals surface area contributed by atoms with Gasteiger partial charge in [0.2, 0.25) is 0 Å². The molecule has 0 aliphatic carbocycles. The molecule has 0 saturated heterocycles. The van der Waals surface area contributed by atoms with E-state index in [1.165, 1.54) is 22.5 Å². The molecule has 0 bridgehead atoms. The summed E-state index contributed by atoms with van der Waals surface area (Å²) in [5.41, 5.74) is 5.17. The lowest BCUT2D eigenvalue weighted by Gasteiger charge is -2.12. The minimum atomic E-state index is 0. The van der Waals surface area contributed by atoms with Gasteiger partial charge in [0.1, 0.15) is 0 Å². The fourth-order valence-corrected chi connectivity index (χ4v) is 1.60. The van der Waals surface area contributed by atoms with Crippen LogP contribution in [0.5, 0.6) is 0 Å². The molecular weight excluding hydrogens is 226 g/mol. The van der Waals surface area contributed by atoms with E-state index >= 15 is 0 Å². The molecule has 0 N–H and O–H groups in total. The van der Waals surface area contributed by atoms with Gasteiger partial charge < -0.3 is 0 Å². The topological polar surface area (TPSA) is 12.4 Å². The summed E-state index contributed by atoms with van der Waals surface area (Å²) in [7, 11) is 0. The molecule has 0 radical (unpaired) electrons. The maximum absolute atomic E-state index is 4.50. The molecule has 1 aromatic rings. The van der Waals surface area contributed by atoms with Gasteiger partial charge in [0.05, 0.1) is 5.69 Å².